The number of rotatable bonds is 5. The number of likely N-dealkylation sites (tertiary alicyclic amines) is 1. The molecule has 2 aliphatic rings. The lowest BCUT2D eigenvalue weighted by Gasteiger charge is -2.30. The second kappa shape index (κ2) is 12.0. The maximum atomic E-state index is 15.6. The number of hydrogen-bond donors (Lipinski definition) is 0. The van der Waals surface area contributed by atoms with E-state index in [4.69, 9.17) is 22.2 Å². The molecular weight excluding hydrogens is 658 g/mol. The number of ether oxygens (including phenoxy) is 1. The highest BCUT2D eigenvalue weighted by Crippen LogP contribution is 2.44. The molecule has 2 fully saturated rings. The third-order valence-electron chi connectivity index (χ3n) is 8.04. The SMILES string of the molecule is CN1CCC(Oc2ccc(-c3ncc(N4C(=S)N(c5ccc(C#N)c(C(F)(F)F)c5F)C(=O)C4(C)C)cc3F)c(C(F)(F)F)c2)CC1. The van der Waals surface area contributed by atoms with Crippen LogP contribution in [0.4, 0.5) is 46.5 Å². The molecule has 1 amide bonds. The molecule has 16 heteroatoms. The average Bonchev–Trinajstić information content (AvgIpc) is 3.15. The minimum absolute atomic E-state index is 0.0425. The number of anilines is 2. The highest BCUT2D eigenvalue weighted by molar-refractivity contribution is 7.81. The molecule has 0 radical (unpaired) electrons. The number of hydrogen-bond acceptors (Lipinski definition) is 6. The normalized spacial score (nSPS) is 17.7. The van der Waals surface area contributed by atoms with Crippen LogP contribution in [0.15, 0.2) is 42.6 Å². The topological polar surface area (TPSA) is 72.7 Å². The van der Waals surface area contributed by atoms with Crippen LogP contribution in [-0.2, 0) is 17.1 Å². The Morgan fingerprint density at radius 2 is 1.68 bits per heavy atom. The Morgan fingerprint density at radius 1 is 1.02 bits per heavy atom. The number of nitriles is 1. The molecule has 1 aromatic heterocycles. The lowest BCUT2D eigenvalue weighted by Crippen LogP contribution is -2.44. The van der Waals surface area contributed by atoms with E-state index in [-0.39, 0.29) is 17.5 Å². The fourth-order valence-corrected chi connectivity index (χ4v) is 6.15. The highest BCUT2D eigenvalue weighted by Gasteiger charge is 2.52. The van der Waals surface area contributed by atoms with Crippen molar-refractivity contribution in [2.75, 3.05) is 29.9 Å². The largest absolute Gasteiger partial charge is 0.490 e. The Bertz CT molecular complexity index is 1800. The average molecular weight is 684 g/mol. The molecule has 0 saturated carbocycles. The quantitative estimate of drug-likeness (QED) is 0.206. The van der Waals surface area contributed by atoms with Crippen LogP contribution >= 0.6 is 12.2 Å². The Balaban J connectivity index is 1.51. The molecule has 7 nitrogen and oxygen atoms in total. The summed E-state index contributed by atoms with van der Waals surface area (Å²) in [6.45, 7) is 4.00. The molecule has 248 valence electrons. The van der Waals surface area contributed by atoms with Crippen molar-refractivity contribution in [3.05, 3.63) is 70.9 Å². The summed E-state index contributed by atoms with van der Waals surface area (Å²) < 4.78 is 120. The van der Waals surface area contributed by atoms with Crippen LogP contribution in [0.5, 0.6) is 5.75 Å². The van der Waals surface area contributed by atoms with Gasteiger partial charge in [0.15, 0.2) is 16.7 Å². The van der Waals surface area contributed by atoms with Crippen molar-refractivity contribution in [3.63, 3.8) is 0 Å². The van der Waals surface area contributed by atoms with Crippen molar-refractivity contribution in [1.29, 1.82) is 5.26 Å². The number of alkyl halides is 6. The zero-order valence-corrected chi connectivity index (χ0v) is 25.7. The molecule has 47 heavy (non-hydrogen) atoms. The van der Waals surface area contributed by atoms with Crippen molar-refractivity contribution in [2.24, 2.45) is 0 Å². The summed E-state index contributed by atoms with van der Waals surface area (Å²) in [5.41, 5.74) is -8.25. The third-order valence-corrected chi connectivity index (χ3v) is 8.40. The molecule has 0 unspecified atom stereocenters. The van der Waals surface area contributed by atoms with E-state index in [1.165, 1.54) is 26.0 Å². The zero-order chi connectivity index (χ0) is 34.6. The van der Waals surface area contributed by atoms with E-state index < -0.39 is 74.2 Å². The van der Waals surface area contributed by atoms with E-state index in [2.05, 4.69) is 9.88 Å². The van der Waals surface area contributed by atoms with E-state index in [0.717, 1.165) is 35.4 Å². The van der Waals surface area contributed by atoms with Gasteiger partial charge < -0.3 is 14.5 Å². The summed E-state index contributed by atoms with van der Waals surface area (Å²) in [6.07, 6.45) is -8.32. The van der Waals surface area contributed by atoms with Crippen molar-refractivity contribution in [2.45, 2.75) is 50.7 Å². The van der Waals surface area contributed by atoms with E-state index in [1.54, 1.807) is 0 Å². The Morgan fingerprint density at radius 3 is 2.26 bits per heavy atom. The third kappa shape index (κ3) is 6.21. The van der Waals surface area contributed by atoms with Gasteiger partial charge in [-0.1, -0.05) is 0 Å². The molecule has 2 saturated heterocycles. The number of pyridine rings is 1. The number of piperidine rings is 1. The number of benzene rings is 2. The van der Waals surface area contributed by atoms with Crippen LogP contribution in [0.25, 0.3) is 11.3 Å². The number of aromatic nitrogens is 1. The van der Waals surface area contributed by atoms with Gasteiger partial charge >= 0.3 is 12.4 Å². The highest BCUT2D eigenvalue weighted by atomic mass is 32.1. The number of halogens is 8. The van der Waals surface area contributed by atoms with Gasteiger partial charge in [0.2, 0.25) is 0 Å². The minimum atomic E-state index is -5.29. The minimum Gasteiger partial charge on any atom is -0.490 e. The summed E-state index contributed by atoms with van der Waals surface area (Å²) in [5, 5.41) is 8.52. The summed E-state index contributed by atoms with van der Waals surface area (Å²) in [6, 6.07) is 6.61. The molecule has 2 aromatic carbocycles. The van der Waals surface area contributed by atoms with Crippen molar-refractivity contribution >= 4 is 34.6 Å². The Hall–Kier alpha value is -4.36. The summed E-state index contributed by atoms with van der Waals surface area (Å²) >= 11 is 5.34. The van der Waals surface area contributed by atoms with Crippen LogP contribution in [-0.4, -0.2) is 52.7 Å². The van der Waals surface area contributed by atoms with Gasteiger partial charge in [-0.2, -0.15) is 31.6 Å². The fraction of sp³-hybridized carbons (Fsp3) is 0.355. The van der Waals surface area contributed by atoms with E-state index in [1.807, 2.05) is 7.05 Å². The molecule has 0 bridgehead atoms. The van der Waals surface area contributed by atoms with Gasteiger partial charge in [0.05, 0.1) is 34.8 Å². The predicted molar refractivity (Wildman–Crippen MR) is 159 cm³/mol. The lowest BCUT2D eigenvalue weighted by atomic mass is 10.0. The molecule has 5 rings (SSSR count). The first-order valence-corrected chi connectivity index (χ1v) is 14.5. The first-order chi connectivity index (χ1) is 21.9. The van der Waals surface area contributed by atoms with Crippen LogP contribution in [0, 0.1) is 23.0 Å². The number of carbonyl (C=O) groups is 1. The second-order valence-corrected chi connectivity index (χ2v) is 12.0. The summed E-state index contributed by atoms with van der Waals surface area (Å²) in [7, 11) is 1.92. The molecule has 0 spiro atoms. The zero-order valence-electron chi connectivity index (χ0n) is 24.9. The number of thiocarbonyl (C=S) groups is 1. The van der Waals surface area contributed by atoms with Crippen LogP contribution in [0.1, 0.15) is 43.4 Å². The molecule has 0 atom stereocenters. The van der Waals surface area contributed by atoms with Crippen molar-refractivity contribution < 1.29 is 44.7 Å². The molecular formula is C31H25F8N5O2S. The molecule has 0 aliphatic carbocycles. The molecule has 3 heterocycles. The monoisotopic (exact) mass is 683 g/mol. The van der Waals surface area contributed by atoms with Crippen LogP contribution in [0.3, 0.4) is 0 Å². The van der Waals surface area contributed by atoms with Crippen LogP contribution in [0.2, 0.25) is 0 Å². The summed E-state index contributed by atoms with van der Waals surface area (Å²) in [5.74, 6) is -4.19. The molecule has 2 aliphatic heterocycles. The van der Waals surface area contributed by atoms with E-state index in [9.17, 15) is 31.1 Å². The predicted octanol–water partition coefficient (Wildman–Crippen LogP) is 7.33. The maximum absolute atomic E-state index is 15.6. The van der Waals surface area contributed by atoms with Gasteiger partial charge in [-0.25, -0.2) is 8.78 Å². The maximum Gasteiger partial charge on any atom is 0.420 e. The van der Waals surface area contributed by atoms with Gasteiger partial charge in [0.25, 0.3) is 5.91 Å². The van der Waals surface area contributed by atoms with Gasteiger partial charge in [0, 0.05) is 24.7 Å². The Kier molecular flexibility index (Phi) is 8.69. The van der Waals surface area contributed by atoms with Gasteiger partial charge in [-0.3, -0.25) is 14.7 Å². The summed E-state index contributed by atoms with van der Waals surface area (Å²) in [4.78, 5) is 20.9. The standard InChI is InChI=1S/C31H25F8N5O2S/c1-29(2)27(45)43(23-7-4-16(14-40)24(25(23)33)31(37,38)39)28(47)44(29)17-12-22(32)26(41-15-17)20-6-5-19(13-21(20)30(34,35)36)46-18-8-10-42(3)11-9-18/h4-7,12-13,15,18H,8-11H2,1-3H3. The lowest BCUT2D eigenvalue weighted by molar-refractivity contribution is -0.140. The van der Waals surface area contributed by atoms with Crippen LogP contribution < -0.4 is 14.5 Å². The number of nitrogens with zero attached hydrogens (tertiary/aromatic N) is 5. The Labute approximate surface area is 268 Å². The molecule has 0 N–H and O–H groups in total. The molecule has 3 aromatic rings. The smallest absolute Gasteiger partial charge is 0.420 e. The number of carbonyl (C=O) groups excluding carboxylic acids is 1. The first kappa shape index (κ1) is 34.0. The van der Waals surface area contributed by atoms with Gasteiger partial charge in [-0.15, -0.1) is 0 Å². The number of amides is 1. The first-order valence-electron chi connectivity index (χ1n) is 14.1. The van der Waals surface area contributed by atoms with Gasteiger partial charge in [-0.05, 0) is 76.3 Å². The van der Waals surface area contributed by atoms with Gasteiger partial charge in [0.1, 0.15) is 28.6 Å². The fourth-order valence-electron chi connectivity index (χ4n) is 5.63. The van der Waals surface area contributed by atoms with Crippen molar-refractivity contribution in [1.82, 2.24) is 9.88 Å². The van der Waals surface area contributed by atoms with E-state index in [0.29, 0.717) is 36.9 Å². The van der Waals surface area contributed by atoms with Crippen molar-refractivity contribution in [3.8, 4) is 23.1 Å². The second-order valence-electron chi connectivity index (χ2n) is 11.6. The van der Waals surface area contributed by atoms with E-state index >= 15 is 8.78 Å².